The van der Waals surface area contributed by atoms with Gasteiger partial charge in [-0.05, 0) is 19.4 Å². The molecule has 0 spiro atoms. The normalized spacial score (nSPS) is 22.5. The number of hydrogen-bond acceptors (Lipinski definition) is 3. The maximum atomic E-state index is 8.91. The molecular weight excluding hydrogens is 166 g/mol. The summed E-state index contributed by atoms with van der Waals surface area (Å²) in [4.78, 5) is 0. The van der Waals surface area contributed by atoms with E-state index in [0.717, 1.165) is 25.2 Å². The van der Waals surface area contributed by atoms with E-state index in [-0.39, 0.29) is 6.61 Å². The Kier molecular flexibility index (Phi) is 2.33. The van der Waals surface area contributed by atoms with E-state index in [2.05, 4.69) is 17.3 Å². The smallest absolute Gasteiger partial charge is 0.0882 e. The predicted octanol–water partition coefficient (Wildman–Crippen LogP) is 0.257. The second kappa shape index (κ2) is 3.47. The number of fused-ring (bicyclic) bond motifs is 1. The molecule has 1 atom stereocenters. The molecule has 4 nitrogen and oxygen atoms in total. The van der Waals surface area contributed by atoms with Crippen molar-refractivity contribution in [2.45, 2.75) is 39.1 Å². The van der Waals surface area contributed by atoms with E-state index in [1.165, 1.54) is 5.69 Å². The predicted molar refractivity (Wildman–Crippen MR) is 49.1 cm³/mol. The summed E-state index contributed by atoms with van der Waals surface area (Å²) in [6, 6.07) is 2.52. The zero-order valence-electron chi connectivity index (χ0n) is 7.82. The first-order chi connectivity index (χ1) is 6.29. The fraction of sp³-hybridized carbons (Fsp3) is 0.667. The fourth-order valence-corrected chi connectivity index (χ4v) is 1.62. The molecule has 1 aliphatic rings. The van der Waals surface area contributed by atoms with Crippen LogP contribution in [0, 0.1) is 0 Å². The highest BCUT2D eigenvalue weighted by Gasteiger charge is 2.13. The number of nitrogens with zero attached hydrogens (tertiary/aromatic N) is 2. The van der Waals surface area contributed by atoms with Gasteiger partial charge in [-0.3, -0.25) is 4.68 Å². The van der Waals surface area contributed by atoms with Gasteiger partial charge >= 0.3 is 0 Å². The van der Waals surface area contributed by atoms with Gasteiger partial charge in [0.1, 0.15) is 0 Å². The summed E-state index contributed by atoms with van der Waals surface area (Å²) >= 11 is 0. The first-order valence-electron chi connectivity index (χ1n) is 4.69. The highest BCUT2D eigenvalue weighted by Crippen LogP contribution is 2.10. The third-order valence-electron chi connectivity index (χ3n) is 2.48. The fourth-order valence-electron chi connectivity index (χ4n) is 1.62. The minimum absolute atomic E-state index is 0.0373. The molecule has 1 aromatic rings. The Morgan fingerprint density at radius 1 is 1.77 bits per heavy atom. The van der Waals surface area contributed by atoms with Gasteiger partial charge in [0.15, 0.2) is 0 Å². The first-order valence-corrected chi connectivity index (χ1v) is 4.69. The monoisotopic (exact) mass is 181 g/mol. The van der Waals surface area contributed by atoms with Crippen LogP contribution in [-0.4, -0.2) is 20.9 Å². The van der Waals surface area contributed by atoms with Gasteiger partial charge in [0, 0.05) is 19.1 Å². The molecule has 1 aromatic heterocycles. The summed E-state index contributed by atoms with van der Waals surface area (Å²) < 4.78 is 1.99. The number of aliphatic hydroxyl groups is 1. The largest absolute Gasteiger partial charge is 0.390 e. The third-order valence-corrected chi connectivity index (χ3v) is 2.48. The van der Waals surface area contributed by atoms with Crippen LogP contribution in [0.5, 0.6) is 0 Å². The molecule has 2 heterocycles. The molecule has 0 amide bonds. The summed E-state index contributed by atoms with van der Waals surface area (Å²) in [7, 11) is 0. The van der Waals surface area contributed by atoms with Crippen LogP contribution in [-0.2, 0) is 19.7 Å². The average molecular weight is 181 g/mol. The SMILES string of the molecule is CC1CCn2nc(CO)cc2CN1. The highest BCUT2D eigenvalue weighted by molar-refractivity contribution is 5.10. The highest BCUT2D eigenvalue weighted by atomic mass is 16.3. The van der Waals surface area contributed by atoms with E-state index in [0.29, 0.717) is 6.04 Å². The van der Waals surface area contributed by atoms with Gasteiger partial charge in [-0.2, -0.15) is 5.10 Å². The molecule has 13 heavy (non-hydrogen) atoms. The molecular formula is C9H15N3O. The topological polar surface area (TPSA) is 50.1 Å². The average Bonchev–Trinajstić information content (AvgIpc) is 2.47. The Morgan fingerprint density at radius 3 is 3.38 bits per heavy atom. The van der Waals surface area contributed by atoms with Gasteiger partial charge in [0.05, 0.1) is 18.0 Å². The second-order valence-corrected chi connectivity index (χ2v) is 3.58. The van der Waals surface area contributed by atoms with Crippen molar-refractivity contribution in [2.24, 2.45) is 0 Å². The summed E-state index contributed by atoms with van der Waals surface area (Å²) in [6.45, 7) is 4.02. The van der Waals surface area contributed by atoms with Crippen molar-refractivity contribution >= 4 is 0 Å². The van der Waals surface area contributed by atoms with E-state index >= 15 is 0 Å². The van der Waals surface area contributed by atoms with Crippen molar-refractivity contribution in [3.05, 3.63) is 17.5 Å². The lowest BCUT2D eigenvalue weighted by atomic mass is 10.2. The number of aliphatic hydroxyl groups excluding tert-OH is 1. The lowest BCUT2D eigenvalue weighted by Crippen LogP contribution is -2.23. The maximum absolute atomic E-state index is 8.91. The van der Waals surface area contributed by atoms with Crippen LogP contribution >= 0.6 is 0 Å². The van der Waals surface area contributed by atoms with Crippen LogP contribution in [0.15, 0.2) is 6.07 Å². The Balaban J connectivity index is 2.21. The molecule has 72 valence electrons. The van der Waals surface area contributed by atoms with E-state index < -0.39 is 0 Å². The zero-order valence-corrected chi connectivity index (χ0v) is 7.82. The molecule has 1 unspecified atom stereocenters. The van der Waals surface area contributed by atoms with Crippen molar-refractivity contribution in [1.82, 2.24) is 15.1 Å². The van der Waals surface area contributed by atoms with Gasteiger partial charge in [-0.15, -0.1) is 0 Å². The summed E-state index contributed by atoms with van der Waals surface area (Å²) in [5.41, 5.74) is 1.94. The van der Waals surface area contributed by atoms with Gasteiger partial charge < -0.3 is 10.4 Å². The third kappa shape index (κ3) is 1.73. The molecule has 0 saturated carbocycles. The van der Waals surface area contributed by atoms with Crippen LogP contribution in [0.2, 0.25) is 0 Å². The number of aryl methyl sites for hydroxylation is 1. The molecule has 4 heteroatoms. The van der Waals surface area contributed by atoms with Crippen LogP contribution in [0.1, 0.15) is 24.7 Å². The number of rotatable bonds is 1. The molecule has 0 fully saturated rings. The molecule has 1 aliphatic heterocycles. The van der Waals surface area contributed by atoms with Crippen LogP contribution < -0.4 is 5.32 Å². The molecule has 2 N–H and O–H groups in total. The van der Waals surface area contributed by atoms with Crippen molar-refractivity contribution < 1.29 is 5.11 Å². The Morgan fingerprint density at radius 2 is 2.62 bits per heavy atom. The van der Waals surface area contributed by atoms with Gasteiger partial charge in [-0.1, -0.05) is 0 Å². The number of aromatic nitrogens is 2. The van der Waals surface area contributed by atoms with E-state index in [1.54, 1.807) is 0 Å². The summed E-state index contributed by atoms with van der Waals surface area (Å²) in [5, 5.41) is 16.6. The standard InChI is InChI=1S/C9H15N3O/c1-7-2-3-12-9(5-10-7)4-8(6-13)11-12/h4,7,10,13H,2-3,5-6H2,1H3. The van der Waals surface area contributed by atoms with Crippen molar-refractivity contribution in [1.29, 1.82) is 0 Å². The minimum atomic E-state index is 0.0373. The van der Waals surface area contributed by atoms with Crippen molar-refractivity contribution in [3.8, 4) is 0 Å². The quantitative estimate of drug-likeness (QED) is 0.653. The zero-order chi connectivity index (χ0) is 9.26. The van der Waals surface area contributed by atoms with Crippen LogP contribution in [0.3, 0.4) is 0 Å². The number of hydrogen-bond donors (Lipinski definition) is 2. The summed E-state index contributed by atoms with van der Waals surface area (Å²) in [5.74, 6) is 0. The Hall–Kier alpha value is -0.870. The van der Waals surface area contributed by atoms with E-state index in [1.807, 2.05) is 10.7 Å². The Bertz CT molecular complexity index is 270. The first kappa shape index (κ1) is 8.72. The van der Waals surface area contributed by atoms with Gasteiger partial charge in [-0.25, -0.2) is 0 Å². The van der Waals surface area contributed by atoms with Crippen molar-refractivity contribution in [2.75, 3.05) is 0 Å². The molecule has 2 rings (SSSR count). The van der Waals surface area contributed by atoms with Crippen molar-refractivity contribution in [3.63, 3.8) is 0 Å². The lowest BCUT2D eigenvalue weighted by molar-refractivity contribution is 0.275. The van der Waals surface area contributed by atoms with Crippen LogP contribution in [0.25, 0.3) is 0 Å². The molecule has 0 bridgehead atoms. The molecule has 0 saturated heterocycles. The van der Waals surface area contributed by atoms with E-state index in [4.69, 9.17) is 5.11 Å². The second-order valence-electron chi connectivity index (χ2n) is 3.58. The summed E-state index contributed by atoms with van der Waals surface area (Å²) in [6.07, 6.45) is 1.10. The minimum Gasteiger partial charge on any atom is -0.390 e. The molecule has 0 aromatic carbocycles. The maximum Gasteiger partial charge on any atom is 0.0882 e. The molecule has 0 radical (unpaired) electrons. The Labute approximate surface area is 77.6 Å². The van der Waals surface area contributed by atoms with Crippen LogP contribution in [0.4, 0.5) is 0 Å². The van der Waals surface area contributed by atoms with Gasteiger partial charge in [0.2, 0.25) is 0 Å². The van der Waals surface area contributed by atoms with E-state index in [9.17, 15) is 0 Å². The van der Waals surface area contributed by atoms with Gasteiger partial charge in [0.25, 0.3) is 0 Å². The molecule has 0 aliphatic carbocycles. The lowest BCUT2D eigenvalue weighted by Gasteiger charge is -2.06. The number of nitrogens with one attached hydrogen (secondary N) is 1.